The first-order valence-electron chi connectivity index (χ1n) is 7.90. The van der Waals surface area contributed by atoms with E-state index >= 15 is 0 Å². The van der Waals surface area contributed by atoms with Crippen molar-refractivity contribution in [2.45, 2.75) is 11.0 Å². The summed E-state index contributed by atoms with van der Waals surface area (Å²) < 4.78 is 16.5. The lowest BCUT2D eigenvalue weighted by molar-refractivity contribution is 0.415. The standard InChI is InChI=1S/C18H13ClN4O3S/c1-24-14-8-4-12(5-9-14)16-21-20-15(25-16)10-27-18-23-22-17(26-18)11-2-6-13(19)7-3-11/h2-9H,10H2,1H3. The zero-order valence-electron chi connectivity index (χ0n) is 14.1. The molecule has 0 saturated carbocycles. The summed E-state index contributed by atoms with van der Waals surface area (Å²) in [6.07, 6.45) is 0. The lowest BCUT2D eigenvalue weighted by Gasteiger charge is -1.99. The van der Waals surface area contributed by atoms with Gasteiger partial charge in [0.05, 0.1) is 12.9 Å². The largest absolute Gasteiger partial charge is 0.497 e. The molecule has 0 N–H and O–H groups in total. The first kappa shape index (κ1) is 17.6. The van der Waals surface area contributed by atoms with E-state index in [4.69, 9.17) is 25.2 Å². The molecule has 0 aliphatic heterocycles. The van der Waals surface area contributed by atoms with Crippen molar-refractivity contribution in [3.05, 3.63) is 59.4 Å². The second-order valence-electron chi connectivity index (χ2n) is 5.40. The second-order valence-corrected chi connectivity index (χ2v) is 6.76. The van der Waals surface area contributed by atoms with Gasteiger partial charge in [-0.15, -0.1) is 20.4 Å². The van der Waals surface area contributed by atoms with Crippen molar-refractivity contribution in [2.24, 2.45) is 0 Å². The van der Waals surface area contributed by atoms with Crippen molar-refractivity contribution in [1.29, 1.82) is 0 Å². The van der Waals surface area contributed by atoms with Gasteiger partial charge in [0.15, 0.2) is 0 Å². The number of benzene rings is 2. The number of rotatable bonds is 6. The Morgan fingerprint density at radius 3 is 2.19 bits per heavy atom. The van der Waals surface area contributed by atoms with Gasteiger partial charge in [-0.1, -0.05) is 23.4 Å². The molecule has 2 aromatic carbocycles. The highest BCUT2D eigenvalue weighted by Crippen LogP contribution is 2.27. The summed E-state index contributed by atoms with van der Waals surface area (Å²) >= 11 is 7.21. The number of aromatic nitrogens is 4. The quantitative estimate of drug-likeness (QED) is 0.429. The summed E-state index contributed by atoms with van der Waals surface area (Å²) in [5.74, 6) is 2.53. The number of nitrogens with zero attached hydrogens (tertiary/aromatic N) is 4. The molecule has 0 fully saturated rings. The van der Waals surface area contributed by atoms with Crippen LogP contribution in [-0.4, -0.2) is 27.5 Å². The Hall–Kier alpha value is -2.84. The smallest absolute Gasteiger partial charge is 0.277 e. The van der Waals surface area contributed by atoms with Crippen LogP contribution in [0.25, 0.3) is 22.9 Å². The van der Waals surface area contributed by atoms with Crippen LogP contribution in [-0.2, 0) is 5.75 Å². The normalized spacial score (nSPS) is 10.9. The van der Waals surface area contributed by atoms with Crippen molar-refractivity contribution in [3.63, 3.8) is 0 Å². The molecular weight excluding hydrogens is 388 g/mol. The minimum absolute atomic E-state index is 0.421. The van der Waals surface area contributed by atoms with Gasteiger partial charge in [0.2, 0.25) is 17.7 Å². The zero-order valence-corrected chi connectivity index (χ0v) is 15.7. The second kappa shape index (κ2) is 7.81. The fourth-order valence-corrected chi connectivity index (χ4v) is 2.99. The van der Waals surface area contributed by atoms with Crippen LogP contribution in [0.3, 0.4) is 0 Å². The molecule has 2 aromatic heterocycles. The number of halogens is 1. The van der Waals surface area contributed by atoms with E-state index in [2.05, 4.69) is 20.4 Å². The van der Waals surface area contributed by atoms with Crippen molar-refractivity contribution >= 4 is 23.4 Å². The molecule has 27 heavy (non-hydrogen) atoms. The van der Waals surface area contributed by atoms with E-state index < -0.39 is 0 Å². The number of methoxy groups -OCH3 is 1. The van der Waals surface area contributed by atoms with Crippen molar-refractivity contribution in [3.8, 4) is 28.7 Å². The molecule has 0 aliphatic carbocycles. The molecule has 0 atom stereocenters. The van der Waals surface area contributed by atoms with E-state index in [9.17, 15) is 0 Å². The molecule has 0 aliphatic rings. The van der Waals surface area contributed by atoms with E-state index in [0.717, 1.165) is 16.9 Å². The molecular formula is C18H13ClN4O3S. The Labute approximate surface area is 163 Å². The van der Waals surface area contributed by atoms with Gasteiger partial charge >= 0.3 is 0 Å². The molecule has 4 rings (SSSR count). The van der Waals surface area contributed by atoms with Gasteiger partial charge in [0.25, 0.3) is 5.22 Å². The minimum Gasteiger partial charge on any atom is -0.497 e. The Balaban J connectivity index is 1.40. The summed E-state index contributed by atoms with van der Waals surface area (Å²) in [4.78, 5) is 0. The summed E-state index contributed by atoms with van der Waals surface area (Å²) in [5.41, 5.74) is 1.63. The van der Waals surface area contributed by atoms with Crippen LogP contribution in [0.4, 0.5) is 0 Å². The van der Waals surface area contributed by atoms with E-state index in [1.54, 1.807) is 19.2 Å². The summed E-state index contributed by atoms with van der Waals surface area (Å²) in [6, 6.07) is 14.6. The predicted molar refractivity (Wildman–Crippen MR) is 101 cm³/mol. The monoisotopic (exact) mass is 400 g/mol. The lowest BCUT2D eigenvalue weighted by Crippen LogP contribution is -1.82. The highest BCUT2D eigenvalue weighted by atomic mass is 35.5. The number of hydrogen-bond donors (Lipinski definition) is 0. The third-order valence-electron chi connectivity index (χ3n) is 3.62. The van der Waals surface area contributed by atoms with Crippen LogP contribution in [0, 0.1) is 0 Å². The molecule has 0 unspecified atom stereocenters. The Bertz CT molecular complexity index is 1030. The predicted octanol–water partition coefficient (Wildman–Crippen LogP) is 4.74. The van der Waals surface area contributed by atoms with E-state index in [-0.39, 0.29) is 0 Å². The third kappa shape index (κ3) is 4.12. The summed E-state index contributed by atoms with van der Waals surface area (Å²) in [6.45, 7) is 0. The fourth-order valence-electron chi connectivity index (χ4n) is 2.26. The topological polar surface area (TPSA) is 87.1 Å². The molecule has 0 amide bonds. The Morgan fingerprint density at radius 1 is 0.852 bits per heavy atom. The van der Waals surface area contributed by atoms with E-state index in [0.29, 0.717) is 33.7 Å². The molecule has 7 nitrogen and oxygen atoms in total. The molecule has 136 valence electrons. The van der Waals surface area contributed by atoms with E-state index in [1.807, 2.05) is 36.4 Å². The van der Waals surface area contributed by atoms with Crippen LogP contribution in [0.1, 0.15) is 5.89 Å². The fraction of sp³-hybridized carbons (Fsp3) is 0.111. The maximum absolute atomic E-state index is 5.88. The highest BCUT2D eigenvalue weighted by molar-refractivity contribution is 7.98. The first-order chi connectivity index (χ1) is 13.2. The molecule has 2 heterocycles. The van der Waals surface area contributed by atoms with Crippen molar-refractivity contribution in [1.82, 2.24) is 20.4 Å². The van der Waals surface area contributed by atoms with Crippen LogP contribution >= 0.6 is 23.4 Å². The highest BCUT2D eigenvalue weighted by Gasteiger charge is 2.13. The van der Waals surface area contributed by atoms with Gasteiger partial charge in [-0.25, -0.2) is 0 Å². The van der Waals surface area contributed by atoms with Gasteiger partial charge in [-0.2, -0.15) is 0 Å². The maximum Gasteiger partial charge on any atom is 0.277 e. The SMILES string of the molecule is COc1ccc(-c2nnc(CSc3nnc(-c4ccc(Cl)cc4)o3)o2)cc1. The molecule has 0 saturated heterocycles. The van der Waals surface area contributed by atoms with Crippen molar-refractivity contribution in [2.75, 3.05) is 7.11 Å². The van der Waals surface area contributed by atoms with E-state index in [1.165, 1.54) is 11.8 Å². The molecule has 0 bridgehead atoms. The van der Waals surface area contributed by atoms with Crippen LogP contribution in [0.5, 0.6) is 5.75 Å². The summed E-state index contributed by atoms with van der Waals surface area (Å²) in [7, 11) is 1.62. The number of hydrogen-bond acceptors (Lipinski definition) is 8. The molecule has 0 radical (unpaired) electrons. The van der Waals surface area contributed by atoms with Gasteiger partial charge in [0, 0.05) is 16.1 Å². The number of ether oxygens (including phenoxy) is 1. The Morgan fingerprint density at radius 2 is 1.48 bits per heavy atom. The first-order valence-corrected chi connectivity index (χ1v) is 9.26. The van der Waals surface area contributed by atoms with Crippen LogP contribution in [0.15, 0.2) is 62.6 Å². The Kier molecular flexibility index (Phi) is 5.08. The average molecular weight is 401 g/mol. The van der Waals surface area contributed by atoms with Gasteiger partial charge in [-0.05, 0) is 48.5 Å². The maximum atomic E-state index is 5.88. The minimum atomic E-state index is 0.421. The van der Waals surface area contributed by atoms with Crippen LogP contribution < -0.4 is 4.74 Å². The summed E-state index contributed by atoms with van der Waals surface area (Å²) in [5, 5.41) is 17.2. The molecule has 0 spiro atoms. The third-order valence-corrected chi connectivity index (χ3v) is 4.68. The lowest BCUT2D eigenvalue weighted by atomic mass is 10.2. The van der Waals surface area contributed by atoms with Gasteiger partial charge < -0.3 is 13.6 Å². The number of thioether (sulfide) groups is 1. The molecule has 9 heteroatoms. The van der Waals surface area contributed by atoms with Crippen molar-refractivity contribution < 1.29 is 13.6 Å². The van der Waals surface area contributed by atoms with Crippen LogP contribution in [0.2, 0.25) is 5.02 Å². The van der Waals surface area contributed by atoms with Gasteiger partial charge in [0.1, 0.15) is 5.75 Å². The average Bonchev–Trinajstić information content (AvgIpc) is 3.37. The molecule has 4 aromatic rings. The zero-order chi connectivity index (χ0) is 18.6. The van der Waals surface area contributed by atoms with Gasteiger partial charge in [-0.3, -0.25) is 0 Å².